The Bertz CT molecular complexity index is 288. The smallest absolute Gasteiger partial charge is 0.000887 e. The maximum atomic E-state index is 2.31. The highest BCUT2D eigenvalue weighted by Crippen LogP contribution is 2.35. The van der Waals surface area contributed by atoms with E-state index in [9.17, 15) is 0 Å². The zero-order valence-corrected chi connectivity index (χ0v) is 15.6. The monoisotopic (exact) mass is 282 g/mol. The molecule has 0 aliphatic heterocycles. The topological polar surface area (TPSA) is 0 Å². The van der Waals surface area contributed by atoms with E-state index in [1.807, 2.05) is 27.7 Å². The third-order valence-corrected chi connectivity index (χ3v) is 4.37. The molecule has 0 aliphatic rings. The summed E-state index contributed by atoms with van der Waals surface area (Å²) in [6.45, 7) is 19.4. The van der Waals surface area contributed by atoms with E-state index in [4.69, 9.17) is 0 Å². The van der Waals surface area contributed by atoms with Crippen LogP contribution < -0.4 is 0 Å². The van der Waals surface area contributed by atoms with Gasteiger partial charge in [0.15, 0.2) is 0 Å². The van der Waals surface area contributed by atoms with Crippen molar-refractivity contribution >= 4 is 8.58 Å². The Morgan fingerprint density at radius 3 is 1.63 bits per heavy atom. The first-order valence-electron chi connectivity index (χ1n) is 7.76. The first-order chi connectivity index (χ1) is 8.99. The lowest BCUT2D eigenvalue weighted by atomic mass is 9.86. The van der Waals surface area contributed by atoms with Crippen molar-refractivity contribution in [2.24, 2.45) is 0 Å². The molecule has 0 amide bonds. The quantitative estimate of drug-likeness (QED) is 0.535. The van der Waals surface area contributed by atoms with Gasteiger partial charge in [-0.15, -0.1) is 8.58 Å². The van der Waals surface area contributed by atoms with E-state index < -0.39 is 0 Å². The van der Waals surface area contributed by atoms with Crippen molar-refractivity contribution in [3.63, 3.8) is 0 Å². The molecule has 19 heavy (non-hydrogen) atoms. The van der Waals surface area contributed by atoms with E-state index in [0.29, 0.717) is 0 Å². The zero-order valence-electron chi connectivity index (χ0n) is 14.6. The van der Waals surface area contributed by atoms with Crippen molar-refractivity contribution in [2.45, 2.75) is 72.9 Å². The second-order valence-corrected chi connectivity index (χ2v) is 6.40. The van der Waals surface area contributed by atoms with Gasteiger partial charge in [0.1, 0.15) is 0 Å². The van der Waals surface area contributed by atoms with Gasteiger partial charge in [-0.25, -0.2) is 0 Å². The van der Waals surface area contributed by atoms with Gasteiger partial charge in [-0.1, -0.05) is 79.7 Å². The molecule has 0 fully saturated rings. The van der Waals surface area contributed by atoms with Crippen LogP contribution in [0.25, 0.3) is 0 Å². The molecule has 0 aromatic heterocycles. The average Bonchev–Trinajstić information content (AvgIpc) is 2.44. The zero-order chi connectivity index (χ0) is 15.5. The Hall–Kier alpha value is -0.350. The van der Waals surface area contributed by atoms with Gasteiger partial charge in [0, 0.05) is 5.66 Å². The highest BCUT2D eigenvalue weighted by molar-refractivity contribution is 7.37. The summed E-state index contributed by atoms with van der Waals surface area (Å²) in [4.78, 5) is 0. The fourth-order valence-corrected chi connectivity index (χ4v) is 2.76. The summed E-state index contributed by atoms with van der Waals surface area (Å²) < 4.78 is 0. The molecule has 0 saturated heterocycles. The number of hydrogen-bond donors (Lipinski definition) is 0. The van der Waals surface area contributed by atoms with Crippen LogP contribution in [0.2, 0.25) is 0 Å². The van der Waals surface area contributed by atoms with E-state index in [0.717, 1.165) is 14.2 Å². The molecule has 0 radical (unpaired) electrons. The van der Waals surface area contributed by atoms with Gasteiger partial charge < -0.3 is 0 Å². The van der Waals surface area contributed by atoms with E-state index in [1.165, 1.54) is 17.5 Å². The summed E-state index contributed by atoms with van der Waals surface area (Å²) >= 11 is 0. The van der Waals surface area contributed by atoms with Crippen molar-refractivity contribution in [1.29, 1.82) is 0 Å². The SMILES string of the molecule is CC.CC.CCC(PC)c1ccc(C(C)(C)C)cc1. The number of hydrogen-bond acceptors (Lipinski definition) is 0. The van der Waals surface area contributed by atoms with E-state index in [-0.39, 0.29) is 5.41 Å². The van der Waals surface area contributed by atoms with E-state index in [2.05, 4.69) is 58.6 Å². The first kappa shape index (κ1) is 21.0. The van der Waals surface area contributed by atoms with Crippen molar-refractivity contribution in [2.75, 3.05) is 6.66 Å². The molecule has 2 unspecified atom stereocenters. The summed E-state index contributed by atoms with van der Waals surface area (Å²) in [7, 11) is 1.01. The molecule has 0 saturated carbocycles. The molecule has 2 atom stereocenters. The van der Waals surface area contributed by atoms with Crippen molar-refractivity contribution in [1.82, 2.24) is 0 Å². The highest BCUT2D eigenvalue weighted by atomic mass is 31.1. The summed E-state index contributed by atoms with van der Waals surface area (Å²) in [6.07, 6.45) is 1.25. The van der Waals surface area contributed by atoms with Gasteiger partial charge >= 0.3 is 0 Å². The Labute approximate surface area is 124 Å². The maximum Gasteiger partial charge on any atom is 0.000887 e. The lowest BCUT2D eigenvalue weighted by molar-refractivity contribution is 0.590. The van der Waals surface area contributed by atoms with Crippen LogP contribution in [0.1, 0.15) is 78.6 Å². The van der Waals surface area contributed by atoms with Crippen molar-refractivity contribution in [3.05, 3.63) is 35.4 Å². The van der Waals surface area contributed by atoms with Crippen molar-refractivity contribution < 1.29 is 0 Å². The summed E-state index contributed by atoms with van der Waals surface area (Å²) in [6, 6.07) is 9.20. The minimum atomic E-state index is 0.273. The third kappa shape index (κ3) is 7.73. The van der Waals surface area contributed by atoms with Gasteiger partial charge in [-0.05, 0) is 29.6 Å². The van der Waals surface area contributed by atoms with Gasteiger partial charge in [-0.3, -0.25) is 0 Å². The van der Waals surface area contributed by atoms with E-state index in [1.54, 1.807) is 0 Å². The first-order valence-corrected chi connectivity index (χ1v) is 9.34. The lowest BCUT2D eigenvalue weighted by Gasteiger charge is -2.20. The Balaban J connectivity index is 0. The molecule has 1 rings (SSSR count). The summed E-state index contributed by atoms with van der Waals surface area (Å²) in [5.74, 6) is 0. The predicted molar refractivity (Wildman–Crippen MR) is 95.1 cm³/mol. The molecule has 0 spiro atoms. The van der Waals surface area contributed by atoms with Crippen molar-refractivity contribution in [3.8, 4) is 0 Å². The largest absolute Gasteiger partial charge is 0.118 e. The average molecular weight is 282 g/mol. The maximum absolute atomic E-state index is 2.31. The molecule has 0 bridgehead atoms. The standard InChI is InChI=1S/C14H23P.2C2H6/c1-6-13(15-5)11-7-9-12(10-8-11)14(2,3)4;2*1-2/h7-10,13,15H,6H2,1-5H3;2*1-2H3. The fourth-order valence-electron chi connectivity index (χ4n) is 1.82. The van der Waals surface area contributed by atoms with Crippen LogP contribution >= 0.6 is 8.58 Å². The van der Waals surface area contributed by atoms with Crippen LogP contribution in [0, 0.1) is 0 Å². The molecule has 0 aliphatic carbocycles. The third-order valence-electron chi connectivity index (χ3n) is 2.94. The number of benzene rings is 1. The van der Waals surface area contributed by atoms with Crippen LogP contribution in [-0.4, -0.2) is 6.66 Å². The molecule has 1 heteroatoms. The van der Waals surface area contributed by atoms with Crippen LogP contribution in [0.4, 0.5) is 0 Å². The summed E-state index contributed by atoms with van der Waals surface area (Å²) in [5, 5.41) is 0. The van der Waals surface area contributed by atoms with Gasteiger partial charge in [0.25, 0.3) is 0 Å². The molecule has 1 aromatic rings. The van der Waals surface area contributed by atoms with Crippen LogP contribution in [0.5, 0.6) is 0 Å². The van der Waals surface area contributed by atoms with Gasteiger partial charge in [-0.2, -0.15) is 0 Å². The Morgan fingerprint density at radius 2 is 1.37 bits per heavy atom. The second-order valence-electron chi connectivity index (χ2n) is 5.12. The van der Waals surface area contributed by atoms with Gasteiger partial charge in [0.2, 0.25) is 0 Å². The highest BCUT2D eigenvalue weighted by Gasteiger charge is 2.14. The lowest BCUT2D eigenvalue weighted by Crippen LogP contribution is -2.10. The van der Waals surface area contributed by atoms with E-state index >= 15 is 0 Å². The molecular formula is C18H35P. The Morgan fingerprint density at radius 1 is 0.947 bits per heavy atom. The van der Waals surface area contributed by atoms with Crippen LogP contribution in [0.3, 0.4) is 0 Å². The molecule has 0 N–H and O–H groups in total. The summed E-state index contributed by atoms with van der Waals surface area (Å²) in [5.41, 5.74) is 3.97. The Kier molecular flexibility index (Phi) is 12.7. The minimum Gasteiger partial charge on any atom is -0.118 e. The minimum absolute atomic E-state index is 0.273. The molecule has 0 heterocycles. The molecular weight excluding hydrogens is 247 g/mol. The molecule has 112 valence electrons. The fraction of sp³-hybridized carbons (Fsp3) is 0.667. The van der Waals surface area contributed by atoms with Gasteiger partial charge in [0.05, 0.1) is 0 Å². The molecule has 0 nitrogen and oxygen atoms in total. The number of rotatable bonds is 3. The molecule has 1 aromatic carbocycles. The second kappa shape index (κ2) is 11.5. The predicted octanol–water partition coefficient (Wildman–Crippen LogP) is 6.80. The van der Waals surface area contributed by atoms with Crippen LogP contribution in [-0.2, 0) is 5.41 Å². The normalized spacial score (nSPS) is 12.3. The van der Waals surface area contributed by atoms with Crippen LogP contribution in [0.15, 0.2) is 24.3 Å².